The maximum absolute atomic E-state index is 14.2. The van der Waals surface area contributed by atoms with Crippen molar-refractivity contribution in [1.29, 1.82) is 0 Å². The third-order valence-corrected chi connectivity index (χ3v) is 6.11. The average Bonchev–Trinajstić information content (AvgIpc) is 2.77. The molecule has 0 aliphatic carbocycles. The Labute approximate surface area is 231 Å². The molecule has 4 N–H and O–H groups in total. The summed E-state index contributed by atoms with van der Waals surface area (Å²) in [5.41, 5.74) is 7.76. The van der Waals surface area contributed by atoms with Gasteiger partial charge in [-0.25, -0.2) is 4.79 Å². The number of carbonyl (C=O) groups is 4. The van der Waals surface area contributed by atoms with Crippen molar-refractivity contribution < 1.29 is 23.9 Å². The molecule has 0 aromatic heterocycles. The molecule has 9 nitrogen and oxygen atoms in total. The minimum absolute atomic E-state index is 0.439. The smallest absolute Gasteiger partial charge is 0.408 e. The molecule has 2 rings (SSSR count). The van der Waals surface area contributed by atoms with Gasteiger partial charge in [0.1, 0.15) is 17.7 Å². The highest BCUT2D eigenvalue weighted by Crippen LogP contribution is 2.32. The van der Waals surface area contributed by atoms with Crippen LogP contribution in [0, 0.1) is 20.8 Å². The Bertz CT molecular complexity index is 1230. The second-order valence-corrected chi connectivity index (χ2v) is 11.8. The highest BCUT2D eigenvalue weighted by Gasteiger charge is 2.42. The molecule has 0 aliphatic rings. The van der Waals surface area contributed by atoms with Crippen molar-refractivity contribution in [2.24, 2.45) is 5.73 Å². The van der Waals surface area contributed by atoms with E-state index in [2.05, 4.69) is 10.6 Å². The van der Waals surface area contributed by atoms with Crippen LogP contribution in [-0.2, 0) is 19.1 Å². The number of nitrogens with zero attached hydrogens (tertiary/aromatic N) is 1. The number of para-hydroxylation sites is 1. The van der Waals surface area contributed by atoms with Crippen molar-refractivity contribution in [1.82, 2.24) is 10.2 Å². The summed E-state index contributed by atoms with van der Waals surface area (Å²) in [4.78, 5) is 54.2. The fraction of sp³-hybridized carbons (Fsp3) is 0.467. The van der Waals surface area contributed by atoms with E-state index < -0.39 is 53.5 Å². The number of hydrogen-bond donors (Lipinski definition) is 3. The lowest BCUT2D eigenvalue weighted by Gasteiger charge is -2.43. The predicted molar refractivity (Wildman–Crippen MR) is 152 cm³/mol. The molecule has 2 aromatic carbocycles. The molecule has 2 atom stereocenters. The second kappa shape index (κ2) is 12.3. The maximum atomic E-state index is 14.2. The van der Waals surface area contributed by atoms with Crippen molar-refractivity contribution in [3.63, 3.8) is 0 Å². The summed E-state index contributed by atoms with van der Waals surface area (Å²) in [5, 5.41) is 5.46. The summed E-state index contributed by atoms with van der Waals surface area (Å²) in [6.07, 6.45) is -1.34. The van der Waals surface area contributed by atoms with E-state index in [-0.39, 0.29) is 0 Å². The highest BCUT2D eigenvalue weighted by atomic mass is 16.6. The zero-order valence-electron chi connectivity index (χ0n) is 24.5. The zero-order valence-corrected chi connectivity index (χ0v) is 24.5. The van der Waals surface area contributed by atoms with Crippen molar-refractivity contribution in [3.8, 4) is 0 Å². The van der Waals surface area contributed by atoms with Crippen LogP contribution in [0.1, 0.15) is 76.3 Å². The van der Waals surface area contributed by atoms with Gasteiger partial charge < -0.3 is 26.0 Å². The van der Waals surface area contributed by atoms with Crippen molar-refractivity contribution in [2.75, 3.05) is 5.32 Å². The lowest BCUT2D eigenvalue weighted by molar-refractivity contribution is -0.147. The first-order valence-electron chi connectivity index (χ1n) is 13.0. The van der Waals surface area contributed by atoms with Gasteiger partial charge >= 0.3 is 6.09 Å². The molecule has 0 radical (unpaired) electrons. The molecule has 0 bridgehead atoms. The number of primary amides is 1. The zero-order chi connectivity index (χ0) is 29.7. The minimum atomic E-state index is -1.35. The van der Waals surface area contributed by atoms with Crippen molar-refractivity contribution in [3.05, 3.63) is 64.7 Å². The SMILES string of the molecule is Cc1ccc(C(C(=O)Nc2ccccc2C)N(C(=O)C(CC(N)=O)NC(=O)OC(C)(C)C)C(C)(C)C)cc1C. The lowest BCUT2D eigenvalue weighted by atomic mass is 9.93. The summed E-state index contributed by atoms with van der Waals surface area (Å²) in [7, 11) is 0. The monoisotopic (exact) mass is 538 g/mol. The van der Waals surface area contributed by atoms with Gasteiger partial charge in [-0.1, -0.05) is 36.4 Å². The summed E-state index contributed by atoms with van der Waals surface area (Å²) in [6.45, 7) is 16.2. The van der Waals surface area contributed by atoms with E-state index in [1.165, 1.54) is 4.90 Å². The van der Waals surface area contributed by atoms with Gasteiger partial charge in [0.25, 0.3) is 5.91 Å². The lowest BCUT2D eigenvalue weighted by Crippen LogP contribution is -2.58. The first-order valence-corrected chi connectivity index (χ1v) is 13.0. The molecule has 0 saturated heterocycles. The molecule has 2 unspecified atom stereocenters. The van der Waals surface area contributed by atoms with Gasteiger partial charge in [-0.15, -0.1) is 0 Å². The number of ether oxygens (including phenoxy) is 1. The molecule has 2 aromatic rings. The van der Waals surface area contributed by atoms with Crippen LogP contribution in [0.5, 0.6) is 0 Å². The number of rotatable bonds is 8. The van der Waals surface area contributed by atoms with Crippen LogP contribution in [-0.4, -0.2) is 45.9 Å². The molecule has 212 valence electrons. The molecule has 0 heterocycles. The number of nitrogens with two attached hydrogens (primary N) is 1. The number of amides is 4. The van der Waals surface area contributed by atoms with Gasteiger partial charge in [-0.2, -0.15) is 0 Å². The fourth-order valence-corrected chi connectivity index (χ4v) is 4.13. The normalized spacial score (nSPS) is 13.2. The van der Waals surface area contributed by atoms with Gasteiger partial charge in [-0.05, 0) is 90.6 Å². The molecule has 0 aliphatic heterocycles. The first-order chi connectivity index (χ1) is 17.9. The van der Waals surface area contributed by atoms with Crippen LogP contribution in [0.25, 0.3) is 0 Å². The van der Waals surface area contributed by atoms with Crippen LogP contribution in [0.2, 0.25) is 0 Å². The largest absolute Gasteiger partial charge is 0.444 e. The quantitative estimate of drug-likeness (QED) is 0.449. The molecule has 0 spiro atoms. The minimum Gasteiger partial charge on any atom is -0.444 e. The third-order valence-electron chi connectivity index (χ3n) is 6.11. The van der Waals surface area contributed by atoms with Crippen LogP contribution < -0.4 is 16.4 Å². The van der Waals surface area contributed by atoms with Crippen LogP contribution in [0.3, 0.4) is 0 Å². The van der Waals surface area contributed by atoms with Gasteiger partial charge in [0, 0.05) is 11.2 Å². The van der Waals surface area contributed by atoms with Crippen molar-refractivity contribution >= 4 is 29.5 Å². The number of benzene rings is 2. The van der Waals surface area contributed by atoms with E-state index >= 15 is 0 Å². The van der Waals surface area contributed by atoms with Crippen LogP contribution in [0.15, 0.2) is 42.5 Å². The number of aryl methyl sites for hydroxylation is 3. The van der Waals surface area contributed by atoms with Gasteiger partial charge in [-0.3, -0.25) is 14.4 Å². The first kappa shape index (κ1) is 31.3. The molecule has 4 amide bonds. The van der Waals surface area contributed by atoms with E-state index in [1.807, 2.05) is 51.1 Å². The summed E-state index contributed by atoms with van der Waals surface area (Å²) < 4.78 is 5.33. The molecular formula is C30H42N4O5. The summed E-state index contributed by atoms with van der Waals surface area (Å²) >= 11 is 0. The molecule has 0 fully saturated rings. The Balaban J connectivity index is 2.64. The van der Waals surface area contributed by atoms with Crippen LogP contribution in [0.4, 0.5) is 10.5 Å². The Kier molecular flexibility index (Phi) is 9.90. The van der Waals surface area contributed by atoms with Gasteiger partial charge in [0.2, 0.25) is 11.8 Å². The Morgan fingerprint density at radius 3 is 2.03 bits per heavy atom. The van der Waals surface area contributed by atoms with E-state index in [0.717, 1.165) is 16.7 Å². The number of carbonyl (C=O) groups excluding carboxylic acids is 4. The molecule has 0 saturated carbocycles. The highest BCUT2D eigenvalue weighted by molar-refractivity contribution is 6.00. The Morgan fingerprint density at radius 1 is 0.897 bits per heavy atom. The molecule has 9 heteroatoms. The Hall–Kier alpha value is -3.88. The van der Waals surface area contributed by atoms with Gasteiger partial charge in [0.05, 0.1) is 6.42 Å². The number of hydrogen-bond acceptors (Lipinski definition) is 5. The van der Waals surface area contributed by atoms with Crippen molar-refractivity contribution in [2.45, 2.75) is 92.0 Å². The summed E-state index contributed by atoms with van der Waals surface area (Å²) in [5.74, 6) is -1.87. The van der Waals surface area contributed by atoms with Crippen LogP contribution >= 0.6 is 0 Å². The summed E-state index contributed by atoms with van der Waals surface area (Å²) in [6, 6.07) is 10.5. The second-order valence-electron chi connectivity index (χ2n) is 11.8. The van der Waals surface area contributed by atoms with E-state index in [0.29, 0.717) is 11.3 Å². The predicted octanol–water partition coefficient (Wildman–Crippen LogP) is 4.69. The van der Waals surface area contributed by atoms with E-state index in [1.54, 1.807) is 53.7 Å². The van der Waals surface area contributed by atoms with E-state index in [9.17, 15) is 19.2 Å². The van der Waals surface area contributed by atoms with Gasteiger partial charge in [0.15, 0.2) is 0 Å². The third kappa shape index (κ3) is 8.84. The number of alkyl carbamates (subject to hydrolysis) is 1. The number of nitrogens with one attached hydrogen (secondary N) is 2. The topological polar surface area (TPSA) is 131 Å². The Morgan fingerprint density at radius 2 is 1.51 bits per heavy atom. The standard InChI is InChI=1S/C30H42N4O5/c1-18-14-15-21(16-20(18)3)25(26(36)32-22-13-11-10-12-19(22)2)34(29(4,5)6)27(37)23(17-24(31)35)33-28(38)39-30(7,8)9/h10-16,23,25H,17H2,1-9H3,(H2,31,35)(H,32,36)(H,33,38). The fourth-order valence-electron chi connectivity index (χ4n) is 4.13. The van der Waals surface area contributed by atoms with E-state index in [4.69, 9.17) is 10.5 Å². The number of anilines is 1. The molecular weight excluding hydrogens is 496 g/mol. The average molecular weight is 539 g/mol. The molecule has 39 heavy (non-hydrogen) atoms. The maximum Gasteiger partial charge on any atom is 0.408 e.